The van der Waals surface area contributed by atoms with Crippen molar-refractivity contribution in [3.63, 3.8) is 0 Å². The number of benzene rings is 1. The highest BCUT2D eigenvalue weighted by Crippen LogP contribution is 2.09. The number of aromatic nitrogens is 2. The fourth-order valence-electron chi connectivity index (χ4n) is 1.52. The summed E-state index contributed by atoms with van der Waals surface area (Å²) in [6.45, 7) is 2.61. The zero-order chi connectivity index (χ0) is 13.0. The molecule has 0 aliphatic rings. The number of nitrogens with zero attached hydrogens (tertiary/aromatic N) is 2. The molecule has 0 bridgehead atoms. The lowest BCUT2D eigenvalue weighted by Gasteiger charge is -2.01. The van der Waals surface area contributed by atoms with E-state index in [1.165, 1.54) is 18.5 Å². The first-order valence-electron chi connectivity index (χ1n) is 5.79. The van der Waals surface area contributed by atoms with Crippen molar-refractivity contribution < 1.29 is 9.18 Å². The largest absolute Gasteiger partial charge is 0.351 e. The van der Waals surface area contributed by atoms with E-state index in [1.807, 2.05) is 6.92 Å². The van der Waals surface area contributed by atoms with E-state index < -0.39 is 0 Å². The average Bonchev–Trinajstić information content (AvgIpc) is 2.86. The molecule has 2 rings (SSSR count). The molecule has 1 amide bonds. The number of hydrogen-bond donors (Lipinski definition) is 1. The van der Waals surface area contributed by atoms with Crippen molar-refractivity contribution in [3.05, 3.63) is 48.3 Å². The van der Waals surface area contributed by atoms with E-state index in [9.17, 15) is 9.18 Å². The molecule has 1 N–H and O–H groups in total. The number of carbonyl (C=O) groups excluding carboxylic acids is 1. The lowest BCUT2D eigenvalue weighted by molar-refractivity contribution is 0.0949. The standard InChI is InChI=1S/C13H14FN3O/c1-2-7-15-13(18)12-8-17(9-16-12)11-5-3-10(14)4-6-11/h3-6,8-9H,2,7H2,1H3,(H,15,18). The third-order valence-corrected chi connectivity index (χ3v) is 2.48. The maximum absolute atomic E-state index is 12.8. The number of imidazole rings is 1. The molecule has 0 aliphatic heterocycles. The van der Waals surface area contributed by atoms with Crippen molar-refractivity contribution in [1.29, 1.82) is 0 Å². The Balaban J connectivity index is 2.15. The van der Waals surface area contributed by atoms with Crippen LogP contribution >= 0.6 is 0 Å². The van der Waals surface area contributed by atoms with Crippen LogP contribution in [0, 0.1) is 5.82 Å². The monoisotopic (exact) mass is 247 g/mol. The molecule has 1 aromatic carbocycles. The van der Waals surface area contributed by atoms with Crippen molar-refractivity contribution >= 4 is 5.91 Å². The number of halogens is 1. The number of hydrogen-bond acceptors (Lipinski definition) is 2. The van der Waals surface area contributed by atoms with Crippen LogP contribution in [0.5, 0.6) is 0 Å². The van der Waals surface area contributed by atoms with Gasteiger partial charge in [-0.15, -0.1) is 0 Å². The van der Waals surface area contributed by atoms with Gasteiger partial charge in [0.05, 0.1) is 0 Å². The lowest BCUT2D eigenvalue weighted by Crippen LogP contribution is -2.24. The Morgan fingerprint density at radius 2 is 2.11 bits per heavy atom. The summed E-state index contributed by atoms with van der Waals surface area (Å²) in [7, 11) is 0. The van der Waals surface area contributed by atoms with Crippen molar-refractivity contribution in [2.45, 2.75) is 13.3 Å². The fourth-order valence-corrected chi connectivity index (χ4v) is 1.52. The molecule has 18 heavy (non-hydrogen) atoms. The predicted molar refractivity (Wildman–Crippen MR) is 66.1 cm³/mol. The molecule has 94 valence electrons. The second-order valence-corrected chi connectivity index (χ2v) is 3.90. The van der Waals surface area contributed by atoms with Crippen LogP contribution < -0.4 is 5.32 Å². The summed E-state index contributed by atoms with van der Waals surface area (Å²) in [4.78, 5) is 15.7. The normalized spacial score (nSPS) is 10.3. The SMILES string of the molecule is CCCNC(=O)c1cn(-c2ccc(F)cc2)cn1. The smallest absolute Gasteiger partial charge is 0.271 e. The van der Waals surface area contributed by atoms with Gasteiger partial charge >= 0.3 is 0 Å². The molecular weight excluding hydrogens is 233 g/mol. The van der Waals surface area contributed by atoms with Crippen molar-refractivity contribution in [3.8, 4) is 5.69 Å². The molecular formula is C13H14FN3O. The number of rotatable bonds is 4. The van der Waals surface area contributed by atoms with Crippen LogP contribution in [-0.2, 0) is 0 Å². The average molecular weight is 247 g/mol. The Hall–Kier alpha value is -2.17. The van der Waals surface area contributed by atoms with E-state index in [1.54, 1.807) is 22.9 Å². The van der Waals surface area contributed by atoms with Gasteiger partial charge in [0.1, 0.15) is 17.8 Å². The highest BCUT2D eigenvalue weighted by Gasteiger charge is 2.08. The summed E-state index contributed by atoms with van der Waals surface area (Å²) in [5, 5.41) is 2.75. The first-order valence-corrected chi connectivity index (χ1v) is 5.79. The van der Waals surface area contributed by atoms with Crippen LogP contribution in [0.25, 0.3) is 5.69 Å². The molecule has 5 heteroatoms. The van der Waals surface area contributed by atoms with Gasteiger partial charge < -0.3 is 9.88 Å². The van der Waals surface area contributed by atoms with Gasteiger partial charge in [-0.3, -0.25) is 4.79 Å². The van der Waals surface area contributed by atoms with Gasteiger partial charge in [0.15, 0.2) is 0 Å². The predicted octanol–water partition coefficient (Wildman–Crippen LogP) is 2.15. The lowest BCUT2D eigenvalue weighted by atomic mass is 10.3. The number of amides is 1. The summed E-state index contributed by atoms with van der Waals surface area (Å²) < 4.78 is 14.5. The summed E-state index contributed by atoms with van der Waals surface area (Å²) in [5.74, 6) is -0.488. The second kappa shape index (κ2) is 5.44. The molecule has 0 saturated carbocycles. The summed E-state index contributed by atoms with van der Waals surface area (Å²) >= 11 is 0. The van der Waals surface area contributed by atoms with Gasteiger partial charge in [-0.1, -0.05) is 6.92 Å². The van der Waals surface area contributed by atoms with Crippen molar-refractivity contribution in [2.75, 3.05) is 6.54 Å². The molecule has 0 unspecified atom stereocenters. The summed E-state index contributed by atoms with van der Waals surface area (Å²) in [6, 6.07) is 5.99. The van der Waals surface area contributed by atoms with E-state index in [0.717, 1.165) is 12.1 Å². The van der Waals surface area contributed by atoms with Crippen LogP contribution in [0.1, 0.15) is 23.8 Å². The topological polar surface area (TPSA) is 46.9 Å². The first-order chi connectivity index (χ1) is 8.70. The zero-order valence-corrected chi connectivity index (χ0v) is 10.1. The second-order valence-electron chi connectivity index (χ2n) is 3.90. The maximum Gasteiger partial charge on any atom is 0.271 e. The zero-order valence-electron chi connectivity index (χ0n) is 10.1. The molecule has 0 atom stereocenters. The quantitative estimate of drug-likeness (QED) is 0.899. The van der Waals surface area contributed by atoms with Crippen LogP contribution in [0.3, 0.4) is 0 Å². The first kappa shape index (κ1) is 12.3. The minimum absolute atomic E-state index is 0.197. The minimum Gasteiger partial charge on any atom is -0.351 e. The molecule has 0 aliphatic carbocycles. The van der Waals surface area contributed by atoms with E-state index in [4.69, 9.17) is 0 Å². The van der Waals surface area contributed by atoms with Gasteiger partial charge in [-0.2, -0.15) is 0 Å². The highest BCUT2D eigenvalue weighted by atomic mass is 19.1. The van der Waals surface area contributed by atoms with Gasteiger partial charge in [-0.05, 0) is 30.7 Å². The number of nitrogens with one attached hydrogen (secondary N) is 1. The Kier molecular flexibility index (Phi) is 3.72. The van der Waals surface area contributed by atoms with E-state index >= 15 is 0 Å². The van der Waals surface area contributed by atoms with Crippen molar-refractivity contribution in [1.82, 2.24) is 14.9 Å². The molecule has 0 saturated heterocycles. The Morgan fingerprint density at radius 1 is 1.39 bits per heavy atom. The third kappa shape index (κ3) is 2.74. The Morgan fingerprint density at radius 3 is 2.78 bits per heavy atom. The molecule has 0 spiro atoms. The van der Waals surface area contributed by atoms with E-state index in [0.29, 0.717) is 12.2 Å². The van der Waals surface area contributed by atoms with Gasteiger partial charge in [-0.25, -0.2) is 9.37 Å². The Bertz CT molecular complexity index is 533. The summed E-state index contributed by atoms with van der Waals surface area (Å²) in [5.41, 5.74) is 1.12. The van der Waals surface area contributed by atoms with E-state index in [2.05, 4.69) is 10.3 Å². The Labute approximate surface area is 104 Å². The highest BCUT2D eigenvalue weighted by molar-refractivity contribution is 5.92. The molecule has 2 aromatic rings. The van der Waals surface area contributed by atoms with Crippen LogP contribution in [0.4, 0.5) is 4.39 Å². The number of carbonyl (C=O) groups is 1. The van der Waals surface area contributed by atoms with Crippen molar-refractivity contribution in [2.24, 2.45) is 0 Å². The van der Waals surface area contributed by atoms with Crippen LogP contribution in [0.2, 0.25) is 0 Å². The molecule has 4 nitrogen and oxygen atoms in total. The summed E-state index contributed by atoms with van der Waals surface area (Å²) in [6.07, 6.45) is 4.04. The van der Waals surface area contributed by atoms with E-state index in [-0.39, 0.29) is 11.7 Å². The van der Waals surface area contributed by atoms with Gasteiger partial charge in [0.2, 0.25) is 0 Å². The van der Waals surface area contributed by atoms with Crippen LogP contribution in [0.15, 0.2) is 36.8 Å². The van der Waals surface area contributed by atoms with Crippen LogP contribution in [-0.4, -0.2) is 22.0 Å². The minimum atomic E-state index is -0.292. The third-order valence-electron chi connectivity index (χ3n) is 2.48. The van der Waals surface area contributed by atoms with Gasteiger partial charge in [0, 0.05) is 18.4 Å². The molecule has 1 aromatic heterocycles. The van der Waals surface area contributed by atoms with Gasteiger partial charge in [0.25, 0.3) is 5.91 Å². The molecule has 0 radical (unpaired) electrons. The maximum atomic E-state index is 12.8. The fraction of sp³-hybridized carbons (Fsp3) is 0.231. The molecule has 0 fully saturated rings. The molecule has 1 heterocycles.